The first-order valence-electron chi connectivity index (χ1n) is 17.1. The van der Waals surface area contributed by atoms with Gasteiger partial charge >= 0.3 is 35.8 Å². The van der Waals surface area contributed by atoms with Gasteiger partial charge in [0.1, 0.15) is 45.7 Å². The molecule has 0 aliphatic carbocycles. The molecule has 20 heteroatoms. The van der Waals surface area contributed by atoms with Gasteiger partial charge in [-0.15, -0.1) is 13.2 Å². The highest BCUT2D eigenvalue weighted by Gasteiger charge is 2.32. The van der Waals surface area contributed by atoms with Crippen molar-refractivity contribution in [1.29, 1.82) is 0 Å². The monoisotopic (exact) mass is 1010 g/mol. The van der Waals surface area contributed by atoms with Crippen LogP contribution in [0.2, 0.25) is 0 Å². The standard InChI is InChI=1S/C21H36O8.C11H12O6.C5H8O6.12CH4/c1-5-9-26-14-20(7-3,12-22)16-28-18(24)11-19(25)29-17-21(8-4,13-23)15-27-10-6-2;12-5-1-3-7-16-10(14)9-11(15)17-8-4-2-6-13;6-2-10-4(8)1-5(9)11-3-7;;;;;;;;;;;;/h5-6,22-23H,1-2,7-17H2,3-4H3;12-13H,5-9H2;6-7H,1-3H2;12*1H4. The molecular weight excluding hydrogens is 909 g/mol. The van der Waals surface area contributed by atoms with Crippen LogP contribution in [0.15, 0.2) is 25.3 Å². The molecule has 0 aromatic carbocycles. The van der Waals surface area contributed by atoms with Crippen LogP contribution < -0.4 is 0 Å². The van der Waals surface area contributed by atoms with Gasteiger partial charge in [-0.1, -0.05) is 139 Å². The highest BCUT2D eigenvalue weighted by Crippen LogP contribution is 2.24. The maximum absolute atomic E-state index is 12.0. The molecule has 0 rings (SSSR count). The molecule has 69 heavy (non-hydrogen) atoms. The van der Waals surface area contributed by atoms with E-state index in [0.29, 0.717) is 26.1 Å². The van der Waals surface area contributed by atoms with E-state index in [0.717, 1.165) is 0 Å². The average Bonchev–Trinajstić information content (AvgIpc) is 3.19. The minimum Gasteiger partial charge on any atom is -0.464 e. The average molecular weight is 1010 g/mol. The summed E-state index contributed by atoms with van der Waals surface area (Å²) in [7, 11) is 0. The quantitative estimate of drug-likeness (QED) is 0.0109. The highest BCUT2D eigenvalue weighted by molar-refractivity contribution is 5.92. The molecule has 0 radical (unpaired) electrons. The van der Waals surface area contributed by atoms with Gasteiger partial charge in [-0.2, -0.15) is 0 Å². The van der Waals surface area contributed by atoms with Gasteiger partial charge < -0.3 is 68.5 Å². The topological polar surface area (TPSA) is 298 Å². The first-order valence-corrected chi connectivity index (χ1v) is 17.1. The molecule has 0 aromatic heterocycles. The van der Waals surface area contributed by atoms with E-state index in [1.807, 2.05) is 13.8 Å². The summed E-state index contributed by atoms with van der Waals surface area (Å²) in [6.07, 6.45) is 2.54. The zero-order chi connectivity index (χ0) is 43.8. The number of aliphatic hydroxyl groups is 6. The zero-order valence-corrected chi connectivity index (χ0v) is 32.4. The van der Waals surface area contributed by atoms with E-state index in [2.05, 4.69) is 55.8 Å². The van der Waals surface area contributed by atoms with Crippen LogP contribution in [0.4, 0.5) is 0 Å². The van der Waals surface area contributed by atoms with Crippen molar-refractivity contribution in [3.8, 4) is 23.7 Å². The van der Waals surface area contributed by atoms with Crippen LogP contribution in [0.5, 0.6) is 0 Å². The molecule has 0 saturated heterocycles. The van der Waals surface area contributed by atoms with Crippen LogP contribution in [-0.2, 0) is 66.7 Å². The first-order chi connectivity index (χ1) is 27.3. The minimum absolute atomic E-state index is 0. The van der Waals surface area contributed by atoms with Crippen molar-refractivity contribution in [2.75, 3.05) is 92.9 Å². The summed E-state index contributed by atoms with van der Waals surface area (Å²) in [5.41, 5.74) is -1.47. The maximum atomic E-state index is 12.0. The summed E-state index contributed by atoms with van der Waals surface area (Å²) < 4.78 is 38.2. The highest BCUT2D eigenvalue weighted by atomic mass is 16.6. The number of carbonyl (C=O) groups is 6. The third-order valence-corrected chi connectivity index (χ3v) is 6.87. The molecule has 2 unspecified atom stereocenters. The molecule has 0 aliphatic rings. The second-order valence-corrected chi connectivity index (χ2v) is 11.1. The summed E-state index contributed by atoms with van der Waals surface area (Å²) in [6.45, 7) is 8.71. The summed E-state index contributed by atoms with van der Waals surface area (Å²) in [6, 6.07) is 0. The van der Waals surface area contributed by atoms with Gasteiger partial charge in [-0.05, 0) is 12.8 Å². The number of hydrogen-bond donors (Lipinski definition) is 6. The third-order valence-electron chi connectivity index (χ3n) is 6.87. The largest absolute Gasteiger partial charge is 0.464 e. The van der Waals surface area contributed by atoms with Crippen LogP contribution in [0, 0.1) is 34.5 Å². The Hall–Kier alpha value is -4.90. The lowest BCUT2D eigenvalue weighted by molar-refractivity contribution is -0.164. The number of rotatable bonds is 26. The van der Waals surface area contributed by atoms with Gasteiger partial charge in [-0.25, -0.2) is 0 Å². The number of carbonyl (C=O) groups excluding carboxylic acids is 6. The van der Waals surface area contributed by atoms with Crippen LogP contribution >= 0.6 is 0 Å². The smallest absolute Gasteiger partial charge is 0.319 e. The Morgan fingerprint density at radius 1 is 0.420 bits per heavy atom. The summed E-state index contributed by atoms with van der Waals surface area (Å²) in [5.74, 6) is 4.43. The van der Waals surface area contributed by atoms with Crippen molar-refractivity contribution in [2.24, 2.45) is 10.8 Å². The predicted molar refractivity (Wildman–Crippen MR) is 276 cm³/mol. The van der Waals surface area contributed by atoms with Crippen molar-refractivity contribution in [3.63, 3.8) is 0 Å². The molecule has 0 amide bonds. The SMILES string of the molecule is C.C.C.C.C.C.C.C.C.C.C.C.C=CCOCC(CC)(CO)COC(=O)CC(=O)OCC(CC)(CO)COCC=C.O=C(CC(=O)OCC#CCO)OCC#CCO.O=C(CC(=O)OCO)OCO. The zero-order valence-electron chi connectivity index (χ0n) is 32.4. The lowest BCUT2D eigenvalue weighted by Crippen LogP contribution is -2.38. The molecule has 0 aromatic rings. The molecule has 0 aliphatic heterocycles. The van der Waals surface area contributed by atoms with Crippen molar-refractivity contribution in [2.45, 2.75) is 135 Å². The van der Waals surface area contributed by atoms with Gasteiger partial charge in [0.25, 0.3) is 0 Å². The molecule has 0 bridgehead atoms. The van der Waals surface area contributed by atoms with Crippen molar-refractivity contribution < 1.29 is 97.3 Å². The lowest BCUT2D eigenvalue weighted by Gasteiger charge is -2.30. The van der Waals surface area contributed by atoms with Crippen molar-refractivity contribution >= 4 is 35.8 Å². The Bertz CT molecular complexity index is 1210. The number of esters is 6. The Morgan fingerprint density at radius 2 is 0.681 bits per heavy atom. The fourth-order valence-electron chi connectivity index (χ4n) is 3.33. The Balaban J connectivity index is -0.0000000490. The first kappa shape index (κ1) is 106. The lowest BCUT2D eigenvalue weighted by atomic mass is 9.88. The molecule has 0 spiro atoms. The molecule has 420 valence electrons. The van der Waals surface area contributed by atoms with E-state index in [-0.39, 0.29) is 155 Å². The van der Waals surface area contributed by atoms with E-state index < -0.39 is 79.5 Å². The Kier molecular flexibility index (Phi) is 111. The molecule has 20 nitrogen and oxygen atoms in total. The summed E-state index contributed by atoms with van der Waals surface area (Å²) in [4.78, 5) is 66.7. The summed E-state index contributed by atoms with van der Waals surface area (Å²) >= 11 is 0. The molecule has 6 N–H and O–H groups in total. The molecular formula is C49H104O20. The van der Waals surface area contributed by atoms with E-state index in [1.165, 1.54) is 0 Å². The van der Waals surface area contributed by atoms with Gasteiger partial charge in [-0.3, -0.25) is 28.8 Å². The van der Waals surface area contributed by atoms with E-state index >= 15 is 0 Å². The number of ether oxygens (including phenoxy) is 8. The third kappa shape index (κ3) is 63.1. The molecule has 0 saturated carbocycles. The Morgan fingerprint density at radius 3 is 0.899 bits per heavy atom. The number of aliphatic hydroxyl groups excluding tert-OH is 6. The molecule has 0 fully saturated rings. The van der Waals surface area contributed by atoms with Crippen LogP contribution in [0.1, 0.15) is 135 Å². The van der Waals surface area contributed by atoms with Crippen LogP contribution in [0.3, 0.4) is 0 Å². The second kappa shape index (κ2) is 72.1. The van der Waals surface area contributed by atoms with E-state index in [1.54, 1.807) is 12.2 Å². The normalized spacial score (nSPS) is 9.74. The number of hydrogen-bond acceptors (Lipinski definition) is 20. The van der Waals surface area contributed by atoms with Crippen LogP contribution in [0.25, 0.3) is 0 Å². The van der Waals surface area contributed by atoms with Gasteiger partial charge in [0, 0.05) is 0 Å². The molecule has 0 heterocycles. The predicted octanol–water partition coefficient (Wildman–Crippen LogP) is 6.10. The van der Waals surface area contributed by atoms with E-state index in [9.17, 15) is 39.0 Å². The minimum atomic E-state index is -0.897. The fourth-order valence-corrected chi connectivity index (χ4v) is 3.33. The van der Waals surface area contributed by atoms with Crippen LogP contribution in [-0.4, -0.2) is 159 Å². The van der Waals surface area contributed by atoms with Gasteiger partial charge in [0.15, 0.2) is 26.8 Å². The fraction of sp³-hybridized carbons (Fsp3) is 0.714. The Labute approximate surface area is 420 Å². The second-order valence-electron chi connectivity index (χ2n) is 11.1. The molecule has 2 atom stereocenters. The van der Waals surface area contributed by atoms with Crippen molar-refractivity contribution in [3.05, 3.63) is 25.3 Å². The van der Waals surface area contributed by atoms with Gasteiger partial charge in [0.05, 0.1) is 50.5 Å². The van der Waals surface area contributed by atoms with Crippen molar-refractivity contribution in [1.82, 2.24) is 0 Å². The van der Waals surface area contributed by atoms with E-state index in [4.69, 9.17) is 39.4 Å². The summed E-state index contributed by atoms with van der Waals surface area (Å²) in [5, 5.41) is 52.0. The maximum Gasteiger partial charge on any atom is 0.319 e. The van der Waals surface area contributed by atoms with Gasteiger partial charge in [0.2, 0.25) is 0 Å².